The number of carbonyl (C=O) groups excluding carboxylic acids is 2. The monoisotopic (exact) mass is 466 g/mol. The van der Waals surface area contributed by atoms with E-state index in [0.717, 1.165) is 11.1 Å². The van der Waals surface area contributed by atoms with E-state index in [1.165, 1.54) is 0 Å². The number of esters is 1. The van der Waals surface area contributed by atoms with Gasteiger partial charge in [-0.3, -0.25) is 4.79 Å². The van der Waals surface area contributed by atoms with Crippen molar-refractivity contribution in [1.29, 1.82) is 0 Å². The largest absolute Gasteiger partial charge is 0.493 e. The van der Waals surface area contributed by atoms with Crippen molar-refractivity contribution in [3.63, 3.8) is 0 Å². The molecule has 0 radical (unpaired) electrons. The number of hydrogen-bond acceptors (Lipinski definition) is 6. The smallest absolute Gasteiger partial charge is 0.333 e. The molecule has 2 aromatic carbocycles. The van der Waals surface area contributed by atoms with Gasteiger partial charge in [-0.1, -0.05) is 51.3 Å². The van der Waals surface area contributed by atoms with Gasteiger partial charge in [0.25, 0.3) is 0 Å². The highest BCUT2D eigenvalue weighted by Gasteiger charge is 2.23. The number of rotatable bonds is 13. The molecule has 0 amide bonds. The molecule has 2 aromatic rings. The van der Waals surface area contributed by atoms with E-state index in [1.54, 1.807) is 13.8 Å². The van der Waals surface area contributed by atoms with Crippen molar-refractivity contribution in [1.82, 2.24) is 0 Å². The average molecular weight is 467 g/mol. The first-order valence-corrected chi connectivity index (χ1v) is 11.2. The van der Waals surface area contributed by atoms with Gasteiger partial charge in [0.15, 0.2) is 5.78 Å². The zero-order chi connectivity index (χ0) is 25.3. The Labute approximate surface area is 201 Å². The predicted octanol–water partition coefficient (Wildman–Crippen LogP) is 4.79. The van der Waals surface area contributed by atoms with Crippen LogP contribution in [-0.4, -0.2) is 42.8 Å². The van der Waals surface area contributed by atoms with Gasteiger partial charge >= 0.3 is 5.97 Å². The molecule has 6 nitrogen and oxygen atoms in total. The number of aliphatic hydroxyl groups excluding tert-OH is 1. The van der Waals surface area contributed by atoms with Gasteiger partial charge in [0.2, 0.25) is 0 Å². The van der Waals surface area contributed by atoms with Gasteiger partial charge < -0.3 is 19.3 Å². The topological polar surface area (TPSA) is 82.1 Å². The molecule has 0 heterocycles. The first-order valence-electron chi connectivity index (χ1n) is 11.2. The summed E-state index contributed by atoms with van der Waals surface area (Å²) >= 11 is 0. The highest BCUT2D eigenvalue weighted by molar-refractivity contribution is 5.94. The van der Waals surface area contributed by atoms with Gasteiger partial charge in [-0.05, 0) is 54.8 Å². The maximum atomic E-state index is 11.6. The summed E-state index contributed by atoms with van der Waals surface area (Å²) in [7, 11) is 0. The van der Waals surface area contributed by atoms with Gasteiger partial charge in [-0.2, -0.15) is 0 Å². The zero-order valence-corrected chi connectivity index (χ0v) is 20.4. The van der Waals surface area contributed by atoms with Crippen molar-refractivity contribution < 1.29 is 28.9 Å². The number of hydrogen-bond donors (Lipinski definition) is 1. The summed E-state index contributed by atoms with van der Waals surface area (Å²) in [5.74, 6) is 0.789. The van der Waals surface area contributed by atoms with Crippen molar-refractivity contribution in [2.75, 3.05) is 19.8 Å². The summed E-state index contributed by atoms with van der Waals surface area (Å²) in [6.07, 6.45) is -0.618. The summed E-state index contributed by atoms with van der Waals surface area (Å²) in [5, 5.41) is 9.94. The molecule has 1 unspecified atom stereocenters. The van der Waals surface area contributed by atoms with Crippen molar-refractivity contribution in [3.8, 4) is 11.5 Å². The fourth-order valence-electron chi connectivity index (χ4n) is 3.11. The molecule has 0 fully saturated rings. The van der Waals surface area contributed by atoms with Crippen LogP contribution in [-0.2, 0) is 19.7 Å². The van der Waals surface area contributed by atoms with Crippen LogP contribution in [0.15, 0.2) is 72.8 Å². The Hall–Kier alpha value is -3.38. The minimum Gasteiger partial charge on any atom is -0.493 e. The van der Waals surface area contributed by atoms with E-state index >= 15 is 0 Å². The summed E-state index contributed by atoms with van der Waals surface area (Å²) in [5.41, 5.74) is 2.77. The molecule has 0 bridgehead atoms. The third-order valence-electron chi connectivity index (χ3n) is 5.42. The van der Waals surface area contributed by atoms with Crippen LogP contribution < -0.4 is 9.47 Å². The molecule has 6 heteroatoms. The molecule has 0 spiro atoms. The number of benzene rings is 2. The van der Waals surface area contributed by atoms with Crippen LogP contribution in [0.4, 0.5) is 0 Å². The lowest BCUT2D eigenvalue weighted by Gasteiger charge is -2.26. The van der Waals surface area contributed by atoms with Crippen molar-refractivity contribution in [2.24, 2.45) is 0 Å². The Morgan fingerprint density at radius 1 is 0.853 bits per heavy atom. The minimum absolute atomic E-state index is 0.00546. The van der Waals surface area contributed by atoms with Crippen LogP contribution in [0.25, 0.3) is 0 Å². The molecular formula is C28H34O6. The van der Waals surface area contributed by atoms with Crippen molar-refractivity contribution in [3.05, 3.63) is 84.0 Å². The molecule has 0 aromatic heterocycles. The number of aliphatic hydroxyl groups is 1. The van der Waals surface area contributed by atoms with Crippen LogP contribution in [0.2, 0.25) is 0 Å². The number of ketones is 1. The van der Waals surface area contributed by atoms with E-state index in [2.05, 4.69) is 27.0 Å². The summed E-state index contributed by atoms with van der Waals surface area (Å²) in [6.45, 7) is 14.8. The lowest BCUT2D eigenvalue weighted by atomic mass is 9.78. The molecule has 34 heavy (non-hydrogen) atoms. The maximum absolute atomic E-state index is 11.6. The first-order chi connectivity index (χ1) is 16.0. The predicted molar refractivity (Wildman–Crippen MR) is 132 cm³/mol. The van der Waals surface area contributed by atoms with Gasteiger partial charge in [-0.25, -0.2) is 4.79 Å². The van der Waals surface area contributed by atoms with Gasteiger partial charge in [0, 0.05) is 17.4 Å². The van der Waals surface area contributed by atoms with Crippen LogP contribution >= 0.6 is 0 Å². The van der Waals surface area contributed by atoms with E-state index in [1.807, 2.05) is 48.5 Å². The molecule has 0 saturated carbocycles. The molecule has 2 rings (SSSR count). The quantitative estimate of drug-likeness (QED) is 0.338. The summed E-state index contributed by atoms with van der Waals surface area (Å²) in [4.78, 5) is 23.0. The fourth-order valence-corrected chi connectivity index (χ4v) is 3.11. The Bertz CT molecular complexity index is 1000. The van der Waals surface area contributed by atoms with E-state index in [-0.39, 0.29) is 30.0 Å². The second-order valence-corrected chi connectivity index (χ2v) is 8.82. The number of ether oxygens (including phenoxy) is 3. The Morgan fingerprint density at radius 3 is 1.82 bits per heavy atom. The van der Waals surface area contributed by atoms with Crippen LogP contribution in [0, 0.1) is 0 Å². The molecule has 1 N–H and O–H groups in total. The maximum Gasteiger partial charge on any atom is 0.333 e. The summed E-state index contributed by atoms with van der Waals surface area (Å²) < 4.78 is 16.2. The van der Waals surface area contributed by atoms with Crippen LogP contribution in [0.1, 0.15) is 45.2 Å². The molecule has 182 valence electrons. The average Bonchev–Trinajstić information content (AvgIpc) is 2.81. The van der Waals surface area contributed by atoms with Gasteiger partial charge in [0.1, 0.15) is 30.8 Å². The fraction of sp³-hybridized carbons (Fsp3) is 0.357. The van der Waals surface area contributed by atoms with Crippen molar-refractivity contribution in [2.45, 2.75) is 45.6 Å². The Morgan fingerprint density at radius 2 is 1.35 bits per heavy atom. The molecule has 1 atom stereocenters. The number of allylic oxidation sites excluding steroid dienone is 1. The lowest BCUT2D eigenvalue weighted by Crippen LogP contribution is -2.25. The number of carbonyl (C=O) groups is 2. The molecular weight excluding hydrogens is 432 g/mol. The van der Waals surface area contributed by atoms with Gasteiger partial charge in [0.05, 0.1) is 6.61 Å². The van der Waals surface area contributed by atoms with Crippen LogP contribution in [0.3, 0.4) is 0 Å². The van der Waals surface area contributed by atoms with E-state index in [4.69, 9.17) is 14.2 Å². The highest BCUT2D eigenvalue weighted by Crippen LogP contribution is 2.33. The van der Waals surface area contributed by atoms with Crippen molar-refractivity contribution >= 4 is 11.8 Å². The number of Topliss-reactive ketones (excluding diaryl/α,β-unsaturated/α-hetero) is 1. The first kappa shape index (κ1) is 26.9. The molecule has 0 aliphatic heterocycles. The van der Waals surface area contributed by atoms with E-state index < -0.39 is 12.1 Å². The molecule has 0 aliphatic rings. The summed E-state index contributed by atoms with van der Waals surface area (Å²) in [6, 6.07) is 15.5. The SMILES string of the molecule is C=C(C)C(=O)CCOc1ccc(C(C)(C)c2ccc(OCC(O)COC(=O)C(=C)C)cc2)cc1. The standard InChI is InChI=1S/C28H34O6/c1-19(2)26(30)15-16-32-24-11-7-21(8-12-24)28(5,6)22-9-13-25(14-10-22)33-17-23(29)18-34-27(31)20(3)4/h7-14,23,29H,1,3,15-18H2,2,4-6H3. The van der Waals surface area contributed by atoms with Crippen LogP contribution in [0.5, 0.6) is 11.5 Å². The third kappa shape index (κ3) is 7.89. The normalized spacial score (nSPS) is 11.9. The Balaban J connectivity index is 1.91. The third-order valence-corrected chi connectivity index (χ3v) is 5.42. The molecule has 0 saturated heterocycles. The van der Waals surface area contributed by atoms with E-state index in [0.29, 0.717) is 30.1 Å². The van der Waals surface area contributed by atoms with Gasteiger partial charge in [-0.15, -0.1) is 0 Å². The molecule has 0 aliphatic carbocycles. The highest BCUT2D eigenvalue weighted by atomic mass is 16.5. The second kappa shape index (κ2) is 12.2. The van der Waals surface area contributed by atoms with E-state index in [9.17, 15) is 14.7 Å². The lowest BCUT2D eigenvalue weighted by molar-refractivity contribution is -0.142. The Kier molecular flexibility index (Phi) is 9.63. The minimum atomic E-state index is -0.931. The zero-order valence-electron chi connectivity index (χ0n) is 20.4. The second-order valence-electron chi connectivity index (χ2n) is 8.82.